The van der Waals surface area contributed by atoms with E-state index in [1.165, 1.54) is 6.26 Å². The standard InChI is InChI=1S/C20H20N4O2/c1-20(2,3)24-12-14(11-21)9-17(24)23-18(25)10-16-13-26-19(22-16)15-7-5-4-6-8-15/h4-9,12-13H,10H2,1-3H3,(H,23,25). The minimum atomic E-state index is -0.258. The minimum Gasteiger partial charge on any atom is -0.444 e. The van der Waals surface area contributed by atoms with Crippen molar-refractivity contribution in [2.24, 2.45) is 0 Å². The Bertz CT molecular complexity index is 956. The molecule has 1 amide bonds. The number of nitriles is 1. The molecule has 3 rings (SSSR count). The van der Waals surface area contributed by atoms with Gasteiger partial charge in [-0.2, -0.15) is 5.26 Å². The number of rotatable bonds is 4. The smallest absolute Gasteiger partial charge is 0.231 e. The molecule has 6 nitrogen and oxygen atoms in total. The van der Waals surface area contributed by atoms with Gasteiger partial charge in [0.15, 0.2) is 0 Å². The third-order valence-electron chi connectivity index (χ3n) is 3.85. The molecule has 0 fully saturated rings. The summed E-state index contributed by atoms with van der Waals surface area (Å²) in [7, 11) is 0. The van der Waals surface area contributed by atoms with Gasteiger partial charge in [0.05, 0.1) is 17.7 Å². The van der Waals surface area contributed by atoms with Gasteiger partial charge < -0.3 is 14.3 Å². The van der Waals surface area contributed by atoms with Crippen molar-refractivity contribution in [2.75, 3.05) is 5.32 Å². The number of anilines is 1. The molecule has 0 aliphatic heterocycles. The molecule has 0 atom stereocenters. The van der Waals surface area contributed by atoms with Crippen LogP contribution in [0.4, 0.5) is 5.82 Å². The van der Waals surface area contributed by atoms with Crippen molar-refractivity contribution >= 4 is 11.7 Å². The maximum absolute atomic E-state index is 12.4. The van der Waals surface area contributed by atoms with Crippen molar-refractivity contribution < 1.29 is 9.21 Å². The number of carbonyl (C=O) groups excluding carboxylic acids is 1. The highest BCUT2D eigenvalue weighted by molar-refractivity contribution is 5.91. The Morgan fingerprint density at radius 1 is 1.31 bits per heavy atom. The van der Waals surface area contributed by atoms with Gasteiger partial charge in [0.2, 0.25) is 11.8 Å². The average molecular weight is 348 g/mol. The van der Waals surface area contributed by atoms with E-state index in [4.69, 9.17) is 9.68 Å². The highest BCUT2D eigenvalue weighted by Gasteiger charge is 2.20. The number of aromatic nitrogens is 2. The lowest BCUT2D eigenvalue weighted by Crippen LogP contribution is -2.25. The molecule has 0 aliphatic carbocycles. The van der Waals surface area contributed by atoms with Crippen LogP contribution in [0.5, 0.6) is 0 Å². The van der Waals surface area contributed by atoms with Gasteiger partial charge in [-0.25, -0.2) is 4.98 Å². The zero-order valence-electron chi connectivity index (χ0n) is 15.0. The summed E-state index contributed by atoms with van der Waals surface area (Å²) < 4.78 is 7.34. The number of benzene rings is 1. The van der Waals surface area contributed by atoms with Gasteiger partial charge in [0.1, 0.15) is 18.2 Å². The molecule has 0 spiro atoms. The van der Waals surface area contributed by atoms with Crippen LogP contribution in [0, 0.1) is 11.3 Å². The number of nitrogens with one attached hydrogen (secondary N) is 1. The minimum absolute atomic E-state index is 0.0908. The van der Waals surface area contributed by atoms with Crippen molar-refractivity contribution in [2.45, 2.75) is 32.7 Å². The Kier molecular flexibility index (Phi) is 4.63. The van der Waals surface area contributed by atoms with Crippen molar-refractivity contribution in [1.82, 2.24) is 9.55 Å². The fraction of sp³-hybridized carbons (Fsp3) is 0.250. The monoisotopic (exact) mass is 348 g/mol. The Hall–Kier alpha value is -3.33. The summed E-state index contributed by atoms with van der Waals surface area (Å²) in [4.78, 5) is 16.8. The van der Waals surface area contributed by atoms with Crippen LogP contribution in [-0.2, 0) is 16.8 Å². The van der Waals surface area contributed by atoms with E-state index in [2.05, 4.69) is 16.4 Å². The van der Waals surface area contributed by atoms with Gasteiger partial charge in [-0.3, -0.25) is 4.79 Å². The molecular formula is C20H20N4O2. The largest absolute Gasteiger partial charge is 0.444 e. The summed E-state index contributed by atoms with van der Waals surface area (Å²) in [6.45, 7) is 6.02. The number of amides is 1. The molecule has 0 saturated carbocycles. The summed E-state index contributed by atoms with van der Waals surface area (Å²) >= 11 is 0. The molecule has 0 aliphatic rings. The molecule has 0 saturated heterocycles. The molecule has 2 aromatic heterocycles. The summed E-state index contributed by atoms with van der Waals surface area (Å²) in [5, 5.41) is 12.0. The van der Waals surface area contributed by atoms with E-state index in [0.717, 1.165) is 5.56 Å². The van der Waals surface area contributed by atoms with Gasteiger partial charge in [0.25, 0.3) is 0 Å². The molecule has 0 radical (unpaired) electrons. The van der Waals surface area contributed by atoms with Crippen LogP contribution in [0.15, 0.2) is 53.3 Å². The Morgan fingerprint density at radius 2 is 2.04 bits per heavy atom. The van der Waals surface area contributed by atoms with E-state index >= 15 is 0 Å². The zero-order chi connectivity index (χ0) is 18.7. The molecule has 132 valence electrons. The first-order chi connectivity index (χ1) is 12.4. The summed E-state index contributed by atoms with van der Waals surface area (Å²) in [6, 6.07) is 13.3. The highest BCUT2D eigenvalue weighted by Crippen LogP contribution is 2.24. The summed E-state index contributed by atoms with van der Waals surface area (Å²) in [5.41, 5.74) is 1.66. The molecule has 6 heteroatoms. The van der Waals surface area contributed by atoms with Gasteiger partial charge in [0, 0.05) is 17.3 Å². The molecule has 0 unspecified atom stereocenters. The van der Waals surface area contributed by atoms with Crippen LogP contribution in [-0.4, -0.2) is 15.5 Å². The SMILES string of the molecule is CC(C)(C)n1cc(C#N)cc1NC(=O)Cc1coc(-c2ccccc2)n1. The molecule has 3 aromatic rings. The van der Waals surface area contributed by atoms with E-state index in [0.29, 0.717) is 23.0 Å². The third kappa shape index (κ3) is 3.83. The number of hydrogen-bond donors (Lipinski definition) is 1. The Balaban J connectivity index is 1.73. The summed E-state index contributed by atoms with van der Waals surface area (Å²) in [6.07, 6.45) is 3.32. The fourth-order valence-corrected chi connectivity index (χ4v) is 2.63. The molecular weight excluding hydrogens is 328 g/mol. The molecule has 2 heterocycles. The first kappa shape index (κ1) is 17.5. The average Bonchev–Trinajstić information content (AvgIpc) is 3.22. The Morgan fingerprint density at radius 3 is 2.69 bits per heavy atom. The van der Waals surface area contributed by atoms with Gasteiger partial charge >= 0.3 is 0 Å². The first-order valence-corrected chi connectivity index (χ1v) is 8.29. The first-order valence-electron chi connectivity index (χ1n) is 8.29. The lowest BCUT2D eigenvalue weighted by atomic mass is 10.1. The van der Waals surface area contributed by atoms with Gasteiger partial charge in [-0.1, -0.05) is 18.2 Å². The predicted molar refractivity (Wildman–Crippen MR) is 98.4 cm³/mol. The summed E-state index contributed by atoms with van der Waals surface area (Å²) in [5.74, 6) is 0.857. The van der Waals surface area contributed by atoms with Crippen LogP contribution in [0.2, 0.25) is 0 Å². The molecule has 1 aromatic carbocycles. The van der Waals surface area contributed by atoms with E-state index in [9.17, 15) is 4.79 Å². The van der Waals surface area contributed by atoms with Gasteiger partial charge in [-0.15, -0.1) is 0 Å². The maximum Gasteiger partial charge on any atom is 0.231 e. The van der Waals surface area contributed by atoms with Crippen LogP contribution in [0.3, 0.4) is 0 Å². The number of nitrogens with zero attached hydrogens (tertiary/aromatic N) is 3. The second-order valence-corrected chi connectivity index (χ2v) is 7.00. The van der Waals surface area contributed by atoms with Gasteiger partial charge in [-0.05, 0) is 39.0 Å². The number of carbonyl (C=O) groups is 1. The number of hydrogen-bond acceptors (Lipinski definition) is 4. The van der Waals surface area contributed by atoms with Crippen LogP contribution >= 0.6 is 0 Å². The van der Waals surface area contributed by atoms with E-state index in [1.807, 2.05) is 55.7 Å². The normalized spacial score (nSPS) is 11.2. The topological polar surface area (TPSA) is 83.9 Å². The van der Waals surface area contributed by atoms with E-state index < -0.39 is 0 Å². The quantitative estimate of drug-likeness (QED) is 0.774. The van der Waals surface area contributed by atoms with Crippen molar-refractivity contribution in [1.29, 1.82) is 5.26 Å². The van der Waals surface area contributed by atoms with Crippen LogP contribution in [0.25, 0.3) is 11.5 Å². The van der Waals surface area contributed by atoms with Crippen LogP contribution in [0.1, 0.15) is 32.0 Å². The van der Waals surface area contributed by atoms with E-state index in [1.54, 1.807) is 12.3 Å². The van der Waals surface area contributed by atoms with Crippen molar-refractivity contribution in [3.63, 3.8) is 0 Å². The zero-order valence-corrected chi connectivity index (χ0v) is 15.0. The highest BCUT2D eigenvalue weighted by atomic mass is 16.3. The number of oxazole rings is 1. The van der Waals surface area contributed by atoms with Crippen molar-refractivity contribution in [3.8, 4) is 17.5 Å². The molecule has 1 N–H and O–H groups in total. The van der Waals surface area contributed by atoms with E-state index in [-0.39, 0.29) is 17.9 Å². The predicted octanol–water partition coefficient (Wildman–Crippen LogP) is 3.95. The maximum atomic E-state index is 12.4. The van der Waals surface area contributed by atoms with Crippen molar-refractivity contribution in [3.05, 3.63) is 60.1 Å². The fourth-order valence-electron chi connectivity index (χ4n) is 2.63. The molecule has 0 bridgehead atoms. The Labute approximate surface area is 152 Å². The van der Waals surface area contributed by atoms with Crippen LogP contribution < -0.4 is 5.32 Å². The second-order valence-electron chi connectivity index (χ2n) is 7.00. The molecule has 26 heavy (non-hydrogen) atoms. The lowest BCUT2D eigenvalue weighted by molar-refractivity contribution is -0.115. The lowest BCUT2D eigenvalue weighted by Gasteiger charge is -2.24. The second kappa shape index (κ2) is 6.89. The third-order valence-corrected chi connectivity index (χ3v) is 3.85.